The summed E-state index contributed by atoms with van der Waals surface area (Å²) in [6.07, 6.45) is 2.05. The zero-order chi connectivity index (χ0) is 12.5. The van der Waals surface area contributed by atoms with E-state index >= 15 is 0 Å². The average Bonchev–Trinajstić information content (AvgIpc) is 2.69. The van der Waals surface area contributed by atoms with E-state index in [1.807, 2.05) is 24.3 Å². The predicted octanol–water partition coefficient (Wildman–Crippen LogP) is 2.91. The monoisotopic (exact) mass is 304 g/mol. The Morgan fingerprint density at radius 2 is 2.06 bits per heavy atom. The van der Waals surface area contributed by atoms with Crippen molar-refractivity contribution in [2.24, 2.45) is 0 Å². The molecule has 0 saturated heterocycles. The van der Waals surface area contributed by atoms with Crippen LogP contribution >= 0.6 is 15.9 Å². The number of anilines is 1. The zero-order valence-corrected chi connectivity index (χ0v) is 11.3. The quantitative estimate of drug-likeness (QED) is 0.897. The molecule has 2 N–H and O–H groups in total. The van der Waals surface area contributed by atoms with Gasteiger partial charge in [-0.1, -0.05) is 24.3 Å². The molecule has 0 aliphatic heterocycles. The van der Waals surface area contributed by atoms with Gasteiger partial charge in [0.2, 0.25) is 0 Å². The SMILES string of the molecule is O[C@@H]1Cc2ccccc2[C@@H]1Nc1ccc(Br)cn1. The van der Waals surface area contributed by atoms with Crippen molar-refractivity contribution in [1.82, 2.24) is 4.98 Å². The van der Waals surface area contributed by atoms with Crippen LogP contribution in [-0.2, 0) is 6.42 Å². The molecule has 0 saturated carbocycles. The molecule has 1 aliphatic rings. The third kappa shape index (κ3) is 2.13. The molecule has 92 valence electrons. The first-order valence-corrected chi connectivity index (χ1v) is 6.67. The summed E-state index contributed by atoms with van der Waals surface area (Å²) in [6, 6.07) is 11.9. The fourth-order valence-electron chi connectivity index (χ4n) is 2.37. The van der Waals surface area contributed by atoms with E-state index in [4.69, 9.17) is 0 Å². The number of halogens is 1. The fraction of sp³-hybridized carbons (Fsp3) is 0.214. The average molecular weight is 305 g/mol. The smallest absolute Gasteiger partial charge is 0.126 e. The third-order valence-corrected chi connectivity index (χ3v) is 3.70. The Labute approximate surface area is 114 Å². The van der Waals surface area contributed by atoms with Crippen molar-refractivity contribution < 1.29 is 5.11 Å². The van der Waals surface area contributed by atoms with Gasteiger partial charge in [-0.3, -0.25) is 0 Å². The largest absolute Gasteiger partial charge is 0.390 e. The molecule has 0 amide bonds. The van der Waals surface area contributed by atoms with E-state index in [0.717, 1.165) is 15.9 Å². The molecule has 0 spiro atoms. The Hall–Kier alpha value is -1.39. The van der Waals surface area contributed by atoms with Gasteiger partial charge in [0.1, 0.15) is 5.82 Å². The molecule has 0 fully saturated rings. The number of aliphatic hydroxyl groups excluding tert-OH is 1. The van der Waals surface area contributed by atoms with E-state index in [9.17, 15) is 5.11 Å². The van der Waals surface area contributed by atoms with E-state index in [2.05, 4.69) is 38.4 Å². The first-order valence-electron chi connectivity index (χ1n) is 5.88. The highest BCUT2D eigenvalue weighted by atomic mass is 79.9. The maximum absolute atomic E-state index is 10.1. The second-order valence-corrected chi connectivity index (χ2v) is 5.37. The number of pyridine rings is 1. The molecule has 3 rings (SSSR count). The van der Waals surface area contributed by atoms with Crippen LogP contribution in [0, 0.1) is 0 Å². The lowest BCUT2D eigenvalue weighted by atomic mass is 10.1. The van der Waals surface area contributed by atoms with Crippen molar-refractivity contribution >= 4 is 21.7 Å². The number of fused-ring (bicyclic) bond motifs is 1. The molecule has 0 bridgehead atoms. The minimum atomic E-state index is -0.396. The number of aromatic nitrogens is 1. The molecule has 1 aromatic carbocycles. The molecule has 18 heavy (non-hydrogen) atoms. The number of nitrogens with one attached hydrogen (secondary N) is 1. The number of aliphatic hydroxyl groups is 1. The highest BCUT2D eigenvalue weighted by Gasteiger charge is 2.30. The summed E-state index contributed by atoms with van der Waals surface area (Å²) in [5.41, 5.74) is 2.37. The van der Waals surface area contributed by atoms with Gasteiger partial charge in [-0.15, -0.1) is 0 Å². The van der Waals surface area contributed by atoms with Crippen LogP contribution in [0.1, 0.15) is 17.2 Å². The van der Waals surface area contributed by atoms with E-state index in [-0.39, 0.29) is 6.04 Å². The van der Waals surface area contributed by atoms with Gasteiger partial charge in [0.05, 0.1) is 12.1 Å². The van der Waals surface area contributed by atoms with Gasteiger partial charge in [-0.25, -0.2) is 4.98 Å². The Morgan fingerprint density at radius 1 is 1.22 bits per heavy atom. The van der Waals surface area contributed by atoms with Crippen LogP contribution in [0.4, 0.5) is 5.82 Å². The molecule has 2 aromatic rings. The van der Waals surface area contributed by atoms with Crippen molar-refractivity contribution in [3.05, 3.63) is 58.2 Å². The minimum absolute atomic E-state index is 0.0742. The number of hydrogen-bond donors (Lipinski definition) is 2. The first-order chi connectivity index (χ1) is 8.74. The van der Waals surface area contributed by atoms with Gasteiger partial charge in [0, 0.05) is 17.1 Å². The van der Waals surface area contributed by atoms with Gasteiger partial charge in [0.25, 0.3) is 0 Å². The number of rotatable bonds is 2. The molecule has 2 atom stereocenters. The van der Waals surface area contributed by atoms with Gasteiger partial charge < -0.3 is 10.4 Å². The summed E-state index contributed by atoms with van der Waals surface area (Å²) in [5.74, 6) is 0.777. The van der Waals surface area contributed by atoms with Crippen molar-refractivity contribution in [3.63, 3.8) is 0 Å². The second-order valence-electron chi connectivity index (χ2n) is 4.45. The van der Waals surface area contributed by atoms with Crippen LogP contribution in [-0.4, -0.2) is 16.2 Å². The van der Waals surface area contributed by atoms with Crippen LogP contribution < -0.4 is 5.32 Å². The minimum Gasteiger partial charge on any atom is -0.390 e. The van der Waals surface area contributed by atoms with Crippen molar-refractivity contribution in [2.45, 2.75) is 18.6 Å². The van der Waals surface area contributed by atoms with E-state index in [1.54, 1.807) is 6.20 Å². The Morgan fingerprint density at radius 3 is 2.83 bits per heavy atom. The van der Waals surface area contributed by atoms with Crippen molar-refractivity contribution in [1.29, 1.82) is 0 Å². The summed E-state index contributed by atoms with van der Waals surface area (Å²) in [7, 11) is 0. The lowest BCUT2D eigenvalue weighted by Crippen LogP contribution is -2.21. The lowest BCUT2D eigenvalue weighted by Gasteiger charge is -2.18. The molecule has 3 nitrogen and oxygen atoms in total. The molecule has 1 aromatic heterocycles. The van der Waals surface area contributed by atoms with Crippen LogP contribution in [0.25, 0.3) is 0 Å². The van der Waals surface area contributed by atoms with Gasteiger partial charge in [-0.2, -0.15) is 0 Å². The number of benzene rings is 1. The summed E-state index contributed by atoms with van der Waals surface area (Å²) in [4.78, 5) is 4.28. The summed E-state index contributed by atoms with van der Waals surface area (Å²) < 4.78 is 0.945. The molecule has 4 heteroatoms. The molecular weight excluding hydrogens is 292 g/mol. The van der Waals surface area contributed by atoms with E-state index in [1.165, 1.54) is 5.56 Å². The van der Waals surface area contributed by atoms with Crippen LogP contribution in [0.3, 0.4) is 0 Å². The Balaban J connectivity index is 1.87. The molecule has 1 aliphatic carbocycles. The van der Waals surface area contributed by atoms with Crippen LogP contribution in [0.2, 0.25) is 0 Å². The first kappa shape index (κ1) is 11.7. The van der Waals surface area contributed by atoms with E-state index in [0.29, 0.717) is 6.42 Å². The maximum Gasteiger partial charge on any atom is 0.126 e. The maximum atomic E-state index is 10.1. The summed E-state index contributed by atoms with van der Waals surface area (Å²) >= 11 is 3.36. The third-order valence-electron chi connectivity index (χ3n) is 3.23. The van der Waals surface area contributed by atoms with E-state index < -0.39 is 6.10 Å². The van der Waals surface area contributed by atoms with Crippen molar-refractivity contribution in [2.75, 3.05) is 5.32 Å². The van der Waals surface area contributed by atoms with Crippen LogP contribution in [0.5, 0.6) is 0 Å². The Bertz CT molecular complexity index is 556. The Kier molecular flexibility index (Phi) is 3.06. The highest BCUT2D eigenvalue weighted by molar-refractivity contribution is 9.10. The van der Waals surface area contributed by atoms with Gasteiger partial charge >= 0.3 is 0 Å². The predicted molar refractivity (Wildman–Crippen MR) is 74.5 cm³/mol. The molecular formula is C14H13BrN2O. The lowest BCUT2D eigenvalue weighted by molar-refractivity contribution is 0.165. The molecule has 0 unspecified atom stereocenters. The zero-order valence-electron chi connectivity index (χ0n) is 9.68. The van der Waals surface area contributed by atoms with Crippen molar-refractivity contribution in [3.8, 4) is 0 Å². The van der Waals surface area contributed by atoms with Gasteiger partial charge in [0.15, 0.2) is 0 Å². The standard InChI is InChI=1S/C14H13BrN2O/c15-10-5-6-13(16-8-10)17-14-11-4-2-1-3-9(11)7-12(14)18/h1-6,8,12,14,18H,7H2,(H,16,17)/t12-,14+/m1/s1. The summed E-state index contributed by atoms with van der Waals surface area (Å²) in [5, 5.41) is 13.4. The second kappa shape index (κ2) is 4.71. The highest BCUT2D eigenvalue weighted by Crippen LogP contribution is 2.33. The van der Waals surface area contributed by atoms with Gasteiger partial charge in [-0.05, 0) is 39.2 Å². The van der Waals surface area contributed by atoms with Crippen LogP contribution in [0.15, 0.2) is 47.1 Å². The number of hydrogen-bond acceptors (Lipinski definition) is 3. The topological polar surface area (TPSA) is 45.1 Å². The summed E-state index contributed by atoms with van der Waals surface area (Å²) in [6.45, 7) is 0. The molecule has 1 heterocycles. The number of nitrogens with zero attached hydrogens (tertiary/aromatic N) is 1. The fourth-order valence-corrected chi connectivity index (χ4v) is 2.60. The molecule has 0 radical (unpaired) electrons. The normalized spacial score (nSPS) is 21.7.